The largest absolute Gasteiger partial charge is 0.425 e. The smallest absolute Gasteiger partial charge is 0.365 e. The number of rotatable bonds is 7. The Labute approximate surface area is 118 Å². The van der Waals surface area contributed by atoms with Crippen molar-refractivity contribution >= 4 is 31.9 Å². The summed E-state index contributed by atoms with van der Waals surface area (Å²) in [4.78, 5) is 1.74. The average molecular weight is 381 g/mol. The lowest BCUT2D eigenvalue weighted by Crippen LogP contribution is -2.26. The van der Waals surface area contributed by atoms with Crippen molar-refractivity contribution in [1.29, 1.82) is 0 Å². The van der Waals surface area contributed by atoms with Crippen LogP contribution in [0.3, 0.4) is 0 Å². The molecule has 0 N–H and O–H groups in total. The summed E-state index contributed by atoms with van der Waals surface area (Å²) in [5.74, 6) is 0. The van der Waals surface area contributed by atoms with Crippen molar-refractivity contribution in [3.63, 3.8) is 0 Å². The van der Waals surface area contributed by atoms with E-state index in [0.29, 0.717) is 13.1 Å². The zero-order valence-corrected chi connectivity index (χ0v) is 13.3. The highest BCUT2D eigenvalue weighted by Crippen LogP contribution is 2.36. The van der Waals surface area contributed by atoms with Gasteiger partial charge in [0.25, 0.3) is 0 Å². The van der Waals surface area contributed by atoms with Gasteiger partial charge in [-0.3, -0.25) is 0 Å². The summed E-state index contributed by atoms with van der Waals surface area (Å²) < 4.78 is 37.0. The van der Waals surface area contributed by atoms with Crippen LogP contribution < -0.4 is 0 Å². The minimum Gasteiger partial charge on any atom is -0.365 e. The first kappa shape index (κ1) is 17.3. The highest BCUT2D eigenvalue weighted by molar-refractivity contribution is 9.14. The number of alkyl halides is 3. The van der Waals surface area contributed by atoms with Crippen LogP contribution in [0.5, 0.6) is 0 Å². The fourth-order valence-electron chi connectivity index (χ4n) is 1.26. The highest BCUT2D eigenvalue weighted by Gasteiger charge is 2.35. The van der Waals surface area contributed by atoms with Crippen LogP contribution in [0.2, 0.25) is 0 Å². The molecule has 0 aromatic heterocycles. The molecule has 0 aliphatic heterocycles. The van der Waals surface area contributed by atoms with E-state index in [4.69, 9.17) is 0 Å². The number of nitrogens with zero attached hydrogens (tertiary/aromatic N) is 1. The number of unbranched alkanes of at least 4 members (excludes halogenated alkanes) is 2. The van der Waals surface area contributed by atoms with E-state index in [1.165, 1.54) is 0 Å². The van der Waals surface area contributed by atoms with E-state index in [1.54, 1.807) is 4.90 Å². The quantitative estimate of drug-likeness (QED) is 0.533. The molecular formula is C11H18Br2F3N. The Morgan fingerprint density at radius 3 is 1.71 bits per heavy atom. The third-order valence-electron chi connectivity index (χ3n) is 2.27. The highest BCUT2D eigenvalue weighted by atomic mass is 79.9. The second-order valence-electron chi connectivity index (χ2n) is 3.80. The van der Waals surface area contributed by atoms with E-state index in [2.05, 4.69) is 31.9 Å². The fourth-order valence-corrected chi connectivity index (χ4v) is 2.09. The van der Waals surface area contributed by atoms with Crippen molar-refractivity contribution in [2.45, 2.75) is 45.7 Å². The summed E-state index contributed by atoms with van der Waals surface area (Å²) in [7, 11) is 0. The molecule has 17 heavy (non-hydrogen) atoms. The summed E-state index contributed by atoms with van der Waals surface area (Å²) in [5.41, 5.74) is 0. The van der Waals surface area contributed by atoms with Gasteiger partial charge in [-0.25, -0.2) is 0 Å². The Morgan fingerprint density at radius 2 is 1.41 bits per heavy atom. The van der Waals surface area contributed by atoms with Gasteiger partial charge in [-0.1, -0.05) is 26.7 Å². The SMILES string of the molecule is CCCCN(CCCC)C(Br)=C(Br)C(F)(F)F. The van der Waals surface area contributed by atoms with E-state index >= 15 is 0 Å². The first-order chi connectivity index (χ1) is 7.84. The van der Waals surface area contributed by atoms with Gasteiger partial charge in [0.05, 0.1) is 0 Å². The van der Waals surface area contributed by atoms with Crippen LogP contribution in [0.25, 0.3) is 0 Å². The second kappa shape index (κ2) is 8.40. The van der Waals surface area contributed by atoms with E-state index < -0.39 is 10.7 Å². The molecule has 0 aromatic rings. The Bertz CT molecular complexity index is 244. The summed E-state index contributed by atoms with van der Waals surface area (Å²) in [6.45, 7) is 5.33. The maximum Gasteiger partial charge on any atom is 0.425 e. The number of hydrogen-bond donors (Lipinski definition) is 0. The standard InChI is InChI=1S/C11H18Br2F3N/c1-3-5-7-17(8-6-4-2)10(13)9(12)11(14,15)16/h3-8H2,1-2H3. The summed E-state index contributed by atoms with van der Waals surface area (Å²) in [6.07, 6.45) is -0.636. The van der Waals surface area contributed by atoms with Crippen LogP contribution in [0.1, 0.15) is 39.5 Å². The molecule has 0 aliphatic carbocycles. The molecule has 0 bridgehead atoms. The molecule has 0 aromatic carbocycles. The second-order valence-corrected chi connectivity index (χ2v) is 5.34. The predicted molar refractivity (Wildman–Crippen MR) is 72.3 cm³/mol. The lowest BCUT2D eigenvalue weighted by Gasteiger charge is -2.25. The van der Waals surface area contributed by atoms with Gasteiger partial charge in [0, 0.05) is 13.1 Å². The van der Waals surface area contributed by atoms with Crippen LogP contribution in [-0.4, -0.2) is 24.2 Å². The number of allylic oxidation sites excluding steroid dienone is 1. The van der Waals surface area contributed by atoms with E-state index in [-0.39, 0.29) is 4.61 Å². The summed E-state index contributed by atoms with van der Waals surface area (Å²) in [5, 5.41) is 0. The van der Waals surface area contributed by atoms with Crippen molar-refractivity contribution < 1.29 is 13.2 Å². The Balaban J connectivity index is 4.76. The maximum absolute atomic E-state index is 12.5. The molecule has 0 amide bonds. The van der Waals surface area contributed by atoms with Crippen LogP contribution in [-0.2, 0) is 0 Å². The zero-order chi connectivity index (χ0) is 13.5. The first-order valence-corrected chi connectivity index (χ1v) is 7.30. The van der Waals surface area contributed by atoms with Crippen molar-refractivity contribution in [2.24, 2.45) is 0 Å². The van der Waals surface area contributed by atoms with Crippen molar-refractivity contribution in [3.05, 3.63) is 9.09 Å². The normalized spacial score (nSPS) is 13.6. The van der Waals surface area contributed by atoms with E-state index in [1.807, 2.05) is 13.8 Å². The Hall–Kier alpha value is 0.290. The van der Waals surface area contributed by atoms with Crippen LogP contribution in [0.15, 0.2) is 9.09 Å². The first-order valence-electron chi connectivity index (χ1n) is 5.72. The van der Waals surface area contributed by atoms with E-state index in [0.717, 1.165) is 25.7 Å². The molecule has 0 radical (unpaired) electrons. The van der Waals surface area contributed by atoms with Crippen LogP contribution in [0.4, 0.5) is 13.2 Å². The van der Waals surface area contributed by atoms with Gasteiger partial charge < -0.3 is 4.90 Å². The molecule has 0 saturated heterocycles. The molecule has 102 valence electrons. The molecule has 0 rings (SSSR count). The lowest BCUT2D eigenvalue weighted by molar-refractivity contribution is -0.0840. The molecule has 1 nitrogen and oxygen atoms in total. The predicted octanol–water partition coefficient (Wildman–Crippen LogP) is 5.41. The minimum atomic E-state index is -4.34. The lowest BCUT2D eigenvalue weighted by atomic mass is 10.3. The molecule has 0 aliphatic rings. The number of halogens is 5. The van der Waals surface area contributed by atoms with E-state index in [9.17, 15) is 13.2 Å². The Morgan fingerprint density at radius 1 is 1.00 bits per heavy atom. The summed E-state index contributed by atoms with van der Waals surface area (Å²) in [6, 6.07) is 0. The maximum atomic E-state index is 12.5. The molecule has 0 saturated carbocycles. The fraction of sp³-hybridized carbons (Fsp3) is 0.818. The number of hydrogen-bond acceptors (Lipinski definition) is 1. The molecule has 0 fully saturated rings. The van der Waals surface area contributed by atoms with Crippen molar-refractivity contribution in [3.8, 4) is 0 Å². The molecule has 0 atom stereocenters. The van der Waals surface area contributed by atoms with Gasteiger partial charge in [-0.05, 0) is 44.7 Å². The summed E-state index contributed by atoms with van der Waals surface area (Å²) >= 11 is 5.66. The zero-order valence-electron chi connectivity index (χ0n) is 10.1. The molecule has 0 spiro atoms. The van der Waals surface area contributed by atoms with Crippen LogP contribution >= 0.6 is 31.9 Å². The van der Waals surface area contributed by atoms with Crippen molar-refractivity contribution in [1.82, 2.24) is 4.90 Å². The van der Waals surface area contributed by atoms with Crippen LogP contribution in [0, 0.1) is 0 Å². The van der Waals surface area contributed by atoms with Crippen molar-refractivity contribution in [2.75, 3.05) is 13.1 Å². The Kier molecular flexibility index (Phi) is 8.55. The average Bonchev–Trinajstić information content (AvgIpc) is 2.26. The monoisotopic (exact) mass is 379 g/mol. The van der Waals surface area contributed by atoms with Gasteiger partial charge in [0.1, 0.15) is 9.09 Å². The minimum absolute atomic E-state index is 0.104. The van der Waals surface area contributed by atoms with Gasteiger partial charge in [0.15, 0.2) is 0 Å². The van der Waals surface area contributed by atoms with Gasteiger partial charge in [0.2, 0.25) is 0 Å². The third kappa shape index (κ3) is 6.70. The molecule has 6 heteroatoms. The van der Waals surface area contributed by atoms with Gasteiger partial charge in [-0.15, -0.1) is 0 Å². The topological polar surface area (TPSA) is 3.24 Å². The molecular weight excluding hydrogens is 363 g/mol. The molecule has 0 unspecified atom stereocenters. The third-order valence-corrected chi connectivity index (χ3v) is 4.53. The molecule has 0 heterocycles. The van der Waals surface area contributed by atoms with Gasteiger partial charge >= 0.3 is 6.18 Å². The van der Waals surface area contributed by atoms with Gasteiger partial charge in [-0.2, -0.15) is 13.2 Å².